The molecular weight excluding hydrogens is 334 g/mol. The Morgan fingerprint density at radius 3 is 2.22 bits per heavy atom. The predicted molar refractivity (Wildman–Crippen MR) is 112 cm³/mol. The third-order valence-electron chi connectivity index (χ3n) is 4.57. The van der Waals surface area contributed by atoms with Gasteiger partial charge in [-0.25, -0.2) is 0 Å². The zero-order valence-corrected chi connectivity index (χ0v) is 16.9. The summed E-state index contributed by atoms with van der Waals surface area (Å²) in [6.45, 7) is 12.2. The lowest BCUT2D eigenvalue weighted by molar-refractivity contribution is -0.112. The number of aryl methyl sites for hydroxylation is 4. The summed E-state index contributed by atoms with van der Waals surface area (Å²) in [5, 5.41) is 15.5. The topological polar surface area (TPSA) is 64.9 Å². The lowest BCUT2D eigenvalue weighted by Gasteiger charge is -2.16. The summed E-state index contributed by atoms with van der Waals surface area (Å²) in [4.78, 5) is 12.6. The number of rotatable bonds is 5. The fourth-order valence-electron chi connectivity index (χ4n) is 3.22. The maximum Gasteiger partial charge on any atom is 0.267 e. The van der Waals surface area contributed by atoms with E-state index >= 15 is 0 Å². The van der Waals surface area contributed by atoms with Crippen LogP contribution in [0, 0.1) is 39.0 Å². The summed E-state index contributed by atoms with van der Waals surface area (Å²) in [6.07, 6.45) is 1.49. The van der Waals surface area contributed by atoms with Crippen LogP contribution in [-0.4, -0.2) is 5.91 Å². The lowest BCUT2D eigenvalue weighted by atomic mass is 9.98. The Labute approximate surface area is 161 Å². The second-order valence-corrected chi connectivity index (χ2v) is 7.24. The van der Waals surface area contributed by atoms with Crippen molar-refractivity contribution in [3.05, 3.63) is 69.9 Å². The van der Waals surface area contributed by atoms with Gasteiger partial charge < -0.3 is 10.6 Å². The van der Waals surface area contributed by atoms with Crippen LogP contribution in [0.1, 0.15) is 47.6 Å². The van der Waals surface area contributed by atoms with Crippen LogP contribution in [0.5, 0.6) is 0 Å². The monoisotopic (exact) mass is 361 g/mol. The van der Waals surface area contributed by atoms with Crippen LogP contribution in [0.3, 0.4) is 0 Å². The van der Waals surface area contributed by atoms with E-state index in [1.54, 1.807) is 0 Å². The first-order valence-corrected chi connectivity index (χ1v) is 9.10. The molecule has 0 saturated heterocycles. The molecule has 0 heterocycles. The molecule has 0 radical (unpaired) electrons. The molecule has 1 amide bonds. The van der Waals surface area contributed by atoms with Crippen LogP contribution in [0.2, 0.25) is 0 Å². The smallest absolute Gasteiger partial charge is 0.267 e. The molecule has 4 heteroatoms. The minimum Gasteiger partial charge on any atom is -0.360 e. The molecule has 4 nitrogen and oxygen atoms in total. The Kier molecular flexibility index (Phi) is 6.41. The fraction of sp³-hybridized carbons (Fsp3) is 0.304. The zero-order chi connectivity index (χ0) is 20.1. The van der Waals surface area contributed by atoms with Gasteiger partial charge >= 0.3 is 0 Å². The summed E-state index contributed by atoms with van der Waals surface area (Å²) in [6, 6.07) is 12.1. The van der Waals surface area contributed by atoms with Crippen molar-refractivity contribution in [3.63, 3.8) is 0 Å². The number of hydrogen-bond donors (Lipinski definition) is 2. The predicted octanol–water partition coefficient (Wildman–Crippen LogP) is 5.50. The molecule has 0 aromatic heterocycles. The number of nitrogens with zero attached hydrogens (tertiary/aromatic N) is 1. The number of para-hydroxylation sites is 1. The van der Waals surface area contributed by atoms with Crippen molar-refractivity contribution < 1.29 is 4.79 Å². The van der Waals surface area contributed by atoms with Crippen LogP contribution in [0.25, 0.3) is 0 Å². The van der Waals surface area contributed by atoms with Gasteiger partial charge in [-0.3, -0.25) is 4.79 Å². The van der Waals surface area contributed by atoms with Gasteiger partial charge in [0.25, 0.3) is 5.91 Å². The highest BCUT2D eigenvalue weighted by Gasteiger charge is 2.14. The number of carbonyl (C=O) groups excluding carboxylic acids is 1. The zero-order valence-electron chi connectivity index (χ0n) is 16.9. The van der Waals surface area contributed by atoms with Gasteiger partial charge in [-0.2, -0.15) is 5.26 Å². The fourth-order valence-corrected chi connectivity index (χ4v) is 3.22. The molecule has 2 aromatic rings. The van der Waals surface area contributed by atoms with E-state index in [1.165, 1.54) is 6.20 Å². The van der Waals surface area contributed by atoms with Gasteiger partial charge in [0, 0.05) is 17.6 Å². The number of anilines is 2. The minimum absolute atomic E-state index is 0.0346. The average molecular weight is 361 g/mol. The summed E-state index contributed by atoms with van der Waals surface area (Å²) >= 11 is 0. The third-order valence-corrected chi connectivity index (χ3v) is 4.57. The van der Waals surface area contributed by atoms with Gasteiger partial charge in [-0.05, 0) is 55.9 Å². The van der Waals surface area contributed by atoms with Crippen molar-refractivity contribution in [2.75, 3.05) is 10.6 Å². The van der Waals surface area contributed by atoms with Crippen LogP contribution < -0.4 is 10.6 Å². The highest BCUT2D eigenvalue weighted by molar-refractivity contribution is 6.07. The molecule has 27 heavy (non-hydrogen) atoms. The van der Waals surface area contributed by atoms with Crippen molar-refractivity contribution in [3.8, 4) is 6.07 Å². The van der Waals surface area contributed by atoms with E-state index < -0.39 is 5.91 Å². The van der Waals surface area contributed by atoms with E-state index in [2.05, 4.69) is 30.5 Å². The minimum atomic E-state index is -0.417. The third kappa shape index (κ3) is 4.77. The van der Waals surface area contributed by atoms with Crippen molar-refractivity contribution >= 4 is 17.3 Å². The largest absolute Gasteiger partial charge is 0.360 e. The van der Waals surface area contributed by atoms with Crippen molar-refractivity contribution in [2.45, 2.75) is 47.5 Å². The maximum absolute atomic E-state index is 12.6. The van der Waals surface area contributed by atoms with Crippen LogP contribution in [0.4, 0.5) is 11.4 Å². The Balaban J connectivity index is 2.28. The second kappa shape index (κ2) is 8.55. The van der Waals surface area contributed by atoms with E-state index in [-0.39, 0.29) is 5.57 Å². The van der Waals surface area contributed by atoms with E-state index in [9.17, 15) is 10.1 Å². The molecule has 2 N–H and O–H groups in total. The van der Waals surface area contributed by atoms with Crippen molar-refractivity contribution in [1.82, 2.24) is 0 Å². The molecule has 140 valence electrons. The number of nitrogens with one attached hydrogen (secondary N) is 2. The Bertz CT molecular complexity index is 910. The molecule has 2 rings (SSSR count). The molecule has 0 bridgehead atoms. The molecule has 0 aliphatic heterocycles. The standard InChI is InChI=1S/C23H27N3O/c1-14(2)20-9-7-8-16(4)22(20)25-13-19(12-24)23(27)26-21-17(5)10-15(3)11-18(21)6/h7-11,13-14,25H,1-6H3,(H,26,27)/b19-13-. The highest BCUT2D eigenvalue weighted by atomic mass is 16.1. The number of benzene rings is 2. The SMILES string of the molecule is Cc1cc(C)c(NC(=O)/C(C#N)=C\Nc2c(C)cccc2C(C)C)c(C)c1. The van der Waals surface area contributed by atoms with Crippen LogP contribution >= 0.6 is 0 Å². The second-order valence-electron chi connectivity index (χ2n) is 7.24. The molecule has 0 spiro atoms. The van der Waals surface area contributed by atoms with Gasteiger partial charge in [0.2, 0.25) is 0 Å². The van der Waals surface area contributed by atoms with E-state index in [0.29, 0.717) is 5.92 Å². The summed E-state index contributed by atoms with van der Waals surface area (Å²) in [5.74, 6) is -0.0854. The first-order valence-electron chi connectivity index (χ1n) is 9.10. The summed E-state index contributed by atoms with van der Waals surface area (Å²) < 4.78 is 0. The quantitative estimate of drug-likeness (QED) is 0.546. The first kappa shape index (κ1) is 20.3. The molecular formula is C23H27N3O. The van der Waals surface area contributed by atoms with Crippen LogP contribution in [0.15, 0.2) is 42.1 Å². The van der Waals surface area contributed by atoms with Crippen molar-refractivity contribution in [2.24, 2.45) is 0 Å². The lowest BCUT2D eigenvalue weighted by Crippen LogP contribution is -2.16. The van der Waals surface area contributed by atoms with Gasteiger partial charge in [-0.1, -0.05) is 49.7 Å². The van der Waals surface area contributed by atoms with Gasteiger partial charge in [0.05, 0.1) is 0 Å². The molecule has 2 aromatic carbocycles. The number of carbonyl (C=O) groups is 1. The van der Waals surface area contributed by atoms with E-state index in [4.69, 9.17) is 0 Å². The van der Waals surface area contributed by atoms with E-state index in [1.807, 2.05) is 58.0 Å². The summed E-state index contributed by atoms with van der Waals surface area (Å²) in [5.41, 5.74) is 7.05. The number of nitriles is 1. The van der Waals surface area contributed by atoms with Crippen LogP contribution in [-0.2, 0) is 4.79 Å². The highest BCUT2D eigenvalue weighted by Crippen LogP contribution is 2.28. The normalized spacial score (nSPS) is 11.3. The van der Waals surface area contributed by atoms with E-state index in [0.717, 1.165) is 39.2 Å². The first-order chi connectivity index (χ1) is 12.7. The Hall–Kier alpha value is -3.06. The van der Waals surface area contributed by atoms with Gasteiger partial charge in [0.1, 0.15) is 11.6 Å². The average Bonchev–Trinajstić information content (AvgIpc) is 2.59. The van der Waals surface area contributed by atoms with Gasteiger partial charge in [-0.15, -0.1) is 0 Å². The van der Waals surface area contributed by atoms with Crippen molar-refractivity contribution in [1.29, 1.82) is 5.26 Å². The Morgan fingerprint density at radius 2 is 1.67 bits per heavy atom. The van der Waals surface area contributed by atoms with Gasteiger partial charge in [0.15, 0.2) is 0 Å². The molecule has 0 fully saturated rings. The molecule has 0 saturated carbocycles. The molecule has 0 aliphatic carbocycles. The maximum atomic E-state index is 12.6. The number of amides is 1. The summed E-state index contributed by atoms with van der Waals surface area (Å²) in [7, 11) is 0. The number of hydrogen-bond acceptors (Lipinski definition) is 3. The molecule has 0 aliphatic rings. The molecule has 0 atom stereocenters. The Morgan fingerprint density at radius 1 is 1.04 bits per heavy atom. The molecule has 0 unspecified atom stereocenters.